The first kappa shape index (κ1) is 22.7. The zero-order valence-electron chi connectivity index (χ0n) is 18.5. The van der Waals surface area contributed by atoms with E-state index in [0.717, 1.165) is 16.7 Å². The van der Waals surface area contributed by atoms with Crippen LogP contribution in [0.3, 0.4) is 0 Å². The summed E-state index contributed by atoms with van der Waals surface area (Å²) in [4.78, 5) is 13.2. The van der Waals surface area contributed by atoms with Gasteiger partial charge in [0.15, 0.2) is 5.78 Å². The highest BCUT2D eigenvalue weighted by Crippen LogP contribution is 2.38. The van der Waals surface area contributed by atoms with Crippen LogP contribution in [0.1, 0.15) is 37.8 Å². The highest BCUT2D eigenvalue weighted by atomic mass is 28.3. The Morgan fingerprint density at radius 3 is 2.07 bits per heavy atom. The fraction of sp³-hybridized carbons (Fsp3) is 0.296. The summed E-state index contributed by atoms with van der Waals surface area (Å²) in [6.45, 7) is 12.8. The zero-order chi connectivity index (χ0) is 21.5. The zero-order valence-corrected chi connectivity index (χ0v) is 19.5. The summed E-state index contributed by atoms with van der Waals surface area (Å²) in [7, 11) is -1.45. The lowest BCUT2D eigenvalue weighted by atomic mass is 9.71. The Morgan fingerprint density at radius 1 is 0.966 bits per heavy atom. The molecule has 2 rings (SSSR count). The first-order valence-corrected chi connectivity index (χ1v) is 13.6. The summed E-state index contributed by atoms with van der Waals surface area (Å²) >= 11 is 0. The van der Waals surface area contributed by atoms with Gasteiger partial charge in [-0.2, -0.15) is 0 Å². The summed E-state index contributed by atoms with van der Waals surface area (Å²) in [6, 6.07) is 20.2. The third kappa shape index (κ3) is 7.04. The Bertz CT molecular complexity index is 933. The van der Waals surface area contributed by atoms with Gasteiger partial charge in [0.25, 0.3) is 0 Å². The Morgan fingerprint density at radius 2 is 1.52 bits per heavy atom. The standard InChI is InChI=1S/C27H32OSi/c1-22(19-20-29(4,5)6)21-25(24-15-11-8-12-16-24)27(2,3)26(28)18-17-23-13-9-7-10-14-23/h7-18,21,25H,1-6H3/b18-17+,22-21-. The second-order valence-corrected chi connectivity index (χ2v) is 13.8. The molecule has 0 saturated heterocycles. The molecule has 0 radical (unpaired) electrons. The van der Waals surface area contributed by atoms with Crippen LogP contribution in [0.2, 0.25) is 19.6 Å². The van der Waals surface area contributed by atoms with E-state index < -0.39 is 13.5 Å². The minimum Gasteiger partial charge on any atom is -0.294 e. The molecule has 0 bridgehead atoms. The smallest absolute Gasteiger partial charge is 0.162 e. The maximum atomic E-state index is 13.2. The van der Waals surface area contributed by atoms with Crippen LogP contribution in [0.25, 0.3) is 6.08 Å². The van der Waals surface area contributed by atoms with Crippen molar-refractivity contribution in [3.63, 3.8) is 0 Å². The normalized spacial score (nSPS) is 13.7. The number of allylic oxidation sites excluding steroid dienone is 3. The molecule has 1 nitrogen and oxygen atoms in total. The van der Waals surface area contributed by atoms with Gasteiger partial charge in [0, 0.05) is 11.3 Å². The van der Waals surface area contributed by atoms with Gasteiger partial charge in [-0.25, -0.2) is 0 Å². The highest BCUT2D eigenvalue weighted by Gasteiger charge is 2.35. The molecule has 29 heavy (non-hydrogen) atoms. The highest BCUT2D eigenvalue weighted by molar-refractivity contribution is 6.83. The predicted molar refractivity (Wildman–Crippen MR) is 128 cm³/mol. The van der Waals surface area contributed by atoms with Crippen molar-refractivity contribution in [1.82, 2.24) is 0 Å². The van der Waals surface area contributed by atoms with Crippen molar-refractivity contribution in [2.45, 2.75) is 46.3 Å². The SMILES string of the molecule is C/C(C#C[Si](C)(C)C)=C/C(c1ccccc1)C(C)(C)C(=O)/C=C/c1ccccc1. The Labute approximate surface area is 177 Å². The van der Waals surface area contributed by atoms with Gasteiger partial charge in [0.1, 0.15) is 8.07 Å². The van der Waals surface area contributed by atoms with Crippen LogP contribution in [0.4, 0.5) is 0 Å². The topological polar surface area (TPSA) is 17.1 Å². The van der Waals surface area contributed by atoms with Crippen LogP contribution in [-0.4, -0.2) is 13.9 Å². The molecule has 2 aromatic rings. The van der Waals surface area contributed by atoms with Gasteiger partial charge in [0.2, 0.25) is 0 Å². The number of benzene rings is 2. The van der Waals surface area contributed by atoms with Crippen LogP contribution >= 0.6 is 0 Å². The lowest BCUT2D eigenvalue weighted by Crippen LogP contribution is -2.29. The van der Waals surface area contributed by atoms with Crippen LogP contribution in [-0.2, 0) is 4.79 Å². The van der Waals surface area contributed by atoms with Gasteiger partial charge >= 0.3 is 0 Å². The average molecular weight is 401 g/mol. The third-order valence-corrected chi connectivity index (χ3v) is 5.72. The largest absolute Gasteiger partial charge is 0.294 e. The molecule has 0 saturated carbocycles. The minimum atomic E-state index is -1.45. The number of carbonyl (C=O) groups is 1. The fourth-order valence-electron chi connectivity index (χ4n) is 3.06. The van der Waals surface area contributed by atoms with E-state index in [9.17, 15) is 4.79 Å². The molecule has 0 fully saturated rings. The van der Waals surface area contributed by atoms with Gasteiger partial charge in [-0.1, -0.05) is 112 Å². The van der Waals surface area contributed by atoms with Gasteiger partial charge in [-0.15, -0.1) is 5.54 Å². The van der Waals surface area contributed by atoms with E-state index in [0.29, 0.717) is 0 Å². The monoisotopic (exact) mass is 400 g/mol. The number of ketones is 1. The minimum absolute atomic E-state index is 0.0486. The molecule has 1 unspecified atom stereocenters. The molecule has 150 valence electrons. The molecule has 0 aliphatic carbocycles. The molecule has 0 heterocycles. The van der Waals surface area contributed by atoms with Crippen molar-refractivity contribution in [1.29, 1.82) is 0 Å². The van der Waals surface area contributed by atoms with E-state index in [1.165, 1.54) is 0 Å². The van der Waals surface area contributed by atoms with Crippen LogP contribution in [0, 0.1) is 16.9 Å². The maximum Gasteiger partial charge on any atom is 0.162 e. The van der Waals surface area contributed by atoms with Crippen molar-refractivity contribution in [3.05, 3.63) is 89.5 Å². The molecular formula is C27H32OSi. The number of hydrogen-bond donors (Lipinski definition) is 0. The molecular weight excluding hydrogens is 368 g/mol. The van der Waals surface area contributed by atoms with Crippen molar-refractivity contribution >= 4 is 19.9 Å². The first-order chi connectivity index (χ1) is 13.6. The van der Waals surface area contributed by atoms with E-state index in [1.807, 2.05) is 75.4 Å². The fourth-order valence-corrected chi connectivity index (χ4v) is 3.64. The summed E-state index contributed by atoms with van der Waals surface area (Å²) in [5, 5.41) is 0. The van der Waals surface area contributed by atoms with Crippen LogP contribution < -0.4 is 0 Å². The quantitative estimate of drug-likeness (QED) is 0.293. The molecule has 2 heteroatoms. The summed E-state index contributed by atoms with van der Waals surface area (Å²) < 4.78 is 0. The van der Waals surface area contributed by atoms with Crippen molar-refractivity contribution in [2.24, 2.45) is 5.41 Å². The van der Waals surface area contributed by atoms with E-state index in [2.05, 4.69) is 49.3 Å². The average Bonchev–Trinajstić information content (AvgIpc) is 2.69. The van der Waals surface area contributed by atoms with Crippen molar-refractivity contribution in [3.8, 4) is 11.5 Å². The van der Waals surface area contributed by atoms with Crippen molar-refractivity contribution in [2.75, 3.05) is 0 Å². The predicted octanol–water partition coefficient (Wildman–Crippen LogP) is 6.91. The second kappa shape index (κ2) is 9.72. The maximum absolute atomic E-state index is 13.2. The Balaban J connectivity index is 2.40. The van der Waals surface area contributed by atoms with E-state index in [-0.39, 0.29) is 11.7 Å². The third-order valence-electron chi connectivity index (χ3n) is 4.85. The number of hydrogen-bond acceptors (Lipinski definition) is 1. The van der Waals surface area contributed by atoms with Crippen LogP contribution in [0.15, 0.2) is 78.4 Å². The van der Waals surface area contributed by atoms with E-state index in [1.54, 1.807) is 6.08 Å². The molecule has 1 atom stereocenters. The van der Waals surface area contributed by atoms with E-state index in [4.69, 9.17) is 0 Å². The van der Waals surface area contributed by atoms with Gasteiger partial charge < -0.3 is 0 Å². The van der Waals surface area contributed by atoms with Gasteiger partial charge in [0.05, 0.1) is 0 Å². The van der Waals surface area contributed by atoms with Crippen molar-refractivity contribution < 1.29 is 4.79 Å². The molecule has 0 spiro atoms. The first-order valence-electron chi connectivity index (χ1n) is 10.1. The van der Waals surface area contributed by atoms with Crippen LogP contribution in [0.5, 0.6) is 0 Å². The summed E-state index contributed by atoms with van der Waals surface area (Å²) in [6.07, 6.45) is 5.77. The molecule has 0 aliphatic rings. The molecule has 0 amide bonds. The van der Waals surface area contributed by atoms with Gasteiger partial charge in [-0.05, 0) is 29.7 Å². The summed E-state index contributed by atoms with van der Waals surface area (Å²) in [5.74, 6) is 3.40. The number of rotatable bonds is 6. The van der Waals surface area contributed by atoms with Gasteiger partial charge in [-0.3, -0.25) is 4.79 Å². The lowest BCUT2D eigenvalue weighted by Gasteiger charge is -2.31. The molecule has 2 aromatic carbocycles. The lowest BCUT2D eigenvalue weighted by molar-refractivity contribution is -0.122. The molecule has 0 aromatic heterocycles. The number of carbonyl (C=O) groups excluding carboxylic acids is 1. The molecule has 0 aliphatic heterocycles. The summed E-state index contributed by atoms with van der Waals surface area (Å²) in [5.41, 5.74) is 6.02. The second-order valence-electron chi connectivity index (χ2n) is 9.07. The Kier molecular flexibility index (Phi) is 7.59. The Hall–Kier alpha value is -2.63. The van der Waals surface area contributed by atoms with E-state index >= 15 is 0 Å². The molecule has 0 N–H and O–H groups in total.